The fraction of sp³-hybridized carbons (Fsp3) is 0. The van der Waals surface area contributed by atoms with Gasteiger partial charge in [0.05, 0.1) is 9.95 Å². The molecule has 0 N–H and O–H groups in total. The van der Waals surface area contributed by atoms with Gasteiger partial charge in [0.1, 0.15) is 0 Å². The molecule has 6 heteroatoms. The number of para-hydroxylation sites is 1. The van der Waals surface area contributed by atoms with Gasteiger partial charge in [-0.25, -0.2) is 4.39 Å². The summed E-state index contributed by atoms with van der Waals surface area (Å²) in [6.45, 7) is 0. The average Bonchev–Trinajstić information content (AvgIpc) is 2.34. The van der Waals surface area contributed by atoms with Crippen LogP contribution in [0.1, 0.15) is 0 Å². The summed E-state index contributed by atoms with van der Waals surface area (Å²) in [5.41, 5.74) is -0.208. The summed E-state index contributed by atoms with van der Waals surface area (Å²) in [5.74, 6) is -0.544. The molecule has 0 aliphatic heterocycles. The molecule has 0 heterocycles. The van der Waals surface area contributed by atoms with E-state index in [0.717, 1.165) is 12.1 Å². The Balaban J connectivity index is 2.30. The van der Waals surface area contributed by atoms with Crippen molar-refractivity contribution in [2.45, 2.75) is 0 Å². The first-order valence-electron chi connectivity index (χ1n) is 4.86. The number of halogens is 2. The molecule has 0 saturated heterocycles. The van der Waals surface area contributed by atoms with Crippen LogP contribution >= 0.6 is 11.6 Å². The maximum absolute atomic E-state index is 13.3. The largest absolute Gasteiger partial charge is 0.452 e. The van der Waals surface area contributed by atoms with Gasteiger partial charge in [-0.3, -0.25) is 10.1 Å². The molecule has 0 spiro atoms. The fourth-order valence-electron chi connectivity index (χ4n) is 1.27. The Labute approximate surface area is 107 Å². The molecule has 0 unspecified atom stereocenters. The van der Waals surface area contributed by atoms with Crippen molar-refractivity contribution in [1.29, 1.82) is 0 Å². The summed E-state index contributed by atoms with van der Waals surface area (Å²) in [6.07, 6.45) is 0. The highest BCUT2D eigenvalue weighted by molar-refractivity contribution is 6.32. The number of nitrogens with zero attached hydrogens (tertiary/aromatic N) is 1. The number of hydrogen-bond donors (Lipinski definition) is 0. The van der Waals surface area contributed by atoms with E-state index in [1.807, 2.05) is 0 Å². The molecule has 0 atom stereocenters. The van der Waals surface area contributed by atoms with Crippen LogP contribution in [0.5, 0.6) is 11.5 Å². The van der Waals surface area contributed by atoms with Gasteiger partial charge < -0.3 is 4.74 Å². The van der Waals surface area contributed by atoms with Crippen LogP contribution in [0.3, 0.4) is 0 Å². The summed E-state index contributed by atoms with van der Waals surface area (Å²) < 4.78 is 18.5. The van der Waals surface area contributed by atoms with E-state index >= 15 is 0 Å². The first-order chi connectivity index (χ1) is 8.58. The summed E-state index contributed by atoms with van der Waals surface area (Å²) in [5, 5.41) is 10.5. The molecule has 2 rings (SSSR count). The minimum absolute atomic E-state index is 0.00699. The lowest BCUT2D eigenvalue weighted by Crippen LogP contribution is -1.91. The summed E-state index contributed by atoms with van der Waals surface area (Å²) in [7, 11) is 0. The number of ether oxygens (including phenoxy) is 1. The topological polar surface area (TPSA) is 52.4 Å². The fourth-order valence-corrected chi connectivity index (χ4v) is 1.47. The second-order valence-electron chi connectivity index (χ2n) is 3.32. The van der Waals surface area contributed by atoms with Crippen molar-refractivity contribution in [3.05, 3.63) is 63.4 Å². The van der Waals surface area contributed by atoms with Crippen LogP contribution < -0.4 is 4.74 Å². The van der Waals surface area contributed by atoms with Gasteiger partial charge in [0.25, 0.3) is 5.69 Å². The van der Waals surface area contributed by atoms with Crippen molar-refractivity contribution in [3.63, 3.8) is 0 Å². The Kier molecular flexibility index (Phi) is 3.43. The molecule has 0 aromatic heterocycles. The van der Waals surface area contributed by atoms with Crippen LogP contribution in [-0.4, -0.2) is 4.92 Å². The third-order valence-electron chi connectivity index (χ3n) is 2.10. The van der Waals surface area contributed by atoms with Crippen molar-refractivity contribution in [2.24, 2.45) is 0 Å². The minimum Gasteiger partial charge on any atom is -0.452 e. The van der Waals surface area contributed by atoms with Gasteiger partial charge >= 0.3 is 0 Å². The van der Waals surface area contributed by atoms with Gasteiger partial charge in [-0.15, -0.1) is 0 Å². The Morgan fingerprint density at radius 2 is 2.11 bits per heavy atom. The summed E-state index contributed by atoms with van der Waals surface area (Å²) >= 11 is 5.79. The quantitative estimate of drug-likeness (QED) is 0.624. The van der Waals surface area contributed by atoms with Gasteiger partial charge in [-0.05, 0) is 12.1 Å². The van der Waals surface area contributed by atoms with Crippen LogP contribution in [0, 0.1) is 22.0 Å². The number of non-ortho nitro benzene ring substituents is 1. The molecule has 0 bridgehead atoms. The van der Waals surface area contributed by atoms with Gasteiger partial charge in [-0.1, -0.05) is 23.7 Å². The van der Waals surface area contributed by atoms with E-state index < -0.39 is 10.7 Å². The predicted octanol–water partition coefficient (Wildman–Crippen LogP) is 3.98. The maximum Gasteiger partial charge on any atom is 0.271 e. The van der Waals surface area contributed by atoms with E-state index in [-0.39, 0.29) is 22.2 Å². The zero-order valence-corrected chi connectivity index (χ0v) is 9.65. The summed E-state index contributed by atoms with van der Waals surface area (Å²) in [6, 6.07) is 10.5. The van der Waals surface area contributed by atoms with Gasteiger partial charge in [-0.2, -0.15) is 0 Å². The molecule has 4 nitrogen and oxygen atoms in total. The number of benzene rings is 2. The van der Waals surface area contributed by atoms with Crippen LogP contribution in [-0.2, 0) is 0 Å². The van der Waals surface area contributed by atoms with E-state index in [0.29, 0.717) is 0 Å². The van der Waals surface area contributed by atoms with Crippen molar-refractivity contribution in [2.75, 3.05) is 0 Å². The molecule has 2 aromatic rings. The minimum atomic E-state index is -0.602. The molecular weight excluding hydrogens is 261 g/mol. The van der Waals surface area contributed by atoms with E-state index in [1.54, 1.807) is 6.07 Å². The van der Waals surface area contributed by atoms with Crippen LogP contribution in [0.25, 0.3) is 0 Å². The van der Waals surface area contributed by atoms with Gasteiger partial charge in [0.15, 0.2) is 17.3 Å². The number of rotatable bonds is 3. The van der Waals surface area contributed by atoms with E-state index in [2.05, 4.69) is 6.07 Å². The Hall–Kier alpha value is -2.14. The maximum atomic E-state index is 13.3. The second-order valence-corrected chi connectivity index (χ2v) is 3.73. The molecule has 0 aliphatic rings. The smallest absolute Gasteiger partial charge is 0.271 e. The number of nitro benzene ring substituents is 1. The van der Waals surface area contributed by atoms with Gasteiger partial charge in [0, 0.05) is 18.2 Å². The average molecular weight is 267 g/mol. The van der Waals surface area contributed by atoms with Crippen molar-refractivity contribution < 1.29 is 14.1 Å². The lowest BCUT2D eigenvalue weighted by molar-refractivity contribution is -0.384. The summed E-state index contributed by atoms with van der Waals surface area (Å²) in [4.78, 5) is 9.90. The zero-order valence-electron chi connectivity index (χ0n) is 8.89. The van der Waals surface area contributed by atoms with E-state index in [4.69, 9.17) is 16.3 Å². The molecule has 1 radical (unpaired) electrons. The zero-order chi connectivity index (χ0) is 13.1. The van der Waals surface area contributed by atoms with Crippen LogP contribution in [0.4, 0.5) is 10.1 Å². The molecule has 91 valence electrons. The lowest BCUT2D eigenvalue weighted by atomic mass is 10.3. The molecule has 0 amide bonds. The first kappa shape index (κ1) is 12.3. The predicted molar refractivity (Wildman–Crippen MR) is 63.4 cm³/mol. The molecule has 0 fully saturated rings. The van der Waals surface area contributed by atoms with Crippen LogP contribution in [0.2, 0.25) is 5.02 Å². The molecule has 2 aromatic carbocycles. The van der Waals surface area contributed by atoms with Crippen molar-refractivity contribution in [3.8, 4) is 11.5 Å². The van der Waals surface area contributed by atoms with E-state index in [9.17, 15) is 14.5 Å². The number of nitro groups is 1. The third kappa shape index (κ3) is 2.57. The standard InChI is InChI=1S/C12H6ClFNO3/c13-9-7-8(15(16)17)5-6-11(9)18-12-4-2-1-3-10(12)14/h1-5,7H. The van der Waals surface area contributed by atoms with E-state index in [1.165, 1.54) is 18.2 Å². The molecular formula is C12H6ClFNO3. The molecule has 0 aliphatic carbocycles. The molecule has 0 saturated carbocycles. The Morgan fingerprint density at radius 3 is 2.72 bits per heavy atom. The van der Waals surface area contributed by atoms with Crippen LogP contribution in [0.15, 0.2) is 36.4 Å². The Bertz CT molecular complexity index is 604. The highest BCUT2D eigenvalue weighted by atomic mass is 35.5. The highest BCUT2D eigenvalue weighted by Gasteiger charge is 2.12. The normalized spacial score (nSPS) is 10.1. The lowest BCUT2D eigenvalue weighted by Gasteiger charge is -2.07. The first-order valence-corrected chi connectivity index (χ1v) is 5.23. The van der Waals surface area contributed by atoms with Crippen molar-refractivity contribution in [1.82, 2.24) is 0 Å². The SMILES string of the molecule is O=[N+]([O-])c1c[c]c(Oc2ccccc2F)c(Cl)c1. The highest BCUT2D eigenvalue weighted by Crippen LogP contribution is 2.32. The second kappa shape index (κ2) is 5.01. The van der Waals surface area contributed by atoms with Crippen molar-refractivity contribution >= 4 is 17.3 Å². The molecule has 18 heavy (non-hydrogen) atoms. The van der Waals surface area contributed by atoms with Gasteiger partial charge in [0.2, 0.25) is 0 Å². The number of hydrogen-bond acceptors (Lipinski definition) is 3. The monoisotopic (exact) mass is 266 g/mol. The Morgan fingerprint density at radius 1 is 1.39 bits per heavy atom. The third-order valence-corrected chi connectivity index (χ3v) is 2.38.